The van der Waals surface area contributed by atoms with Gasteiger partial charge in [0.2, 0.25) is 0 Å². The van der Waals surface area contributed by atoms with Crippen molar-refractivity contribution in [3.63, 3.8) is 0 Å². The third-order valence-electron chi connectivity index (χ3n) is 2.17. The van der Waals surface area contributed by atoms with Gasteiger partial charge in [0.1, 0.15) is 0 Å². The number of aldehydes is 1. The van der Waals surface area contributed by atoms with Crippen LogP contribution in [0.2, 0.25) is 0 Å². The molecule has 0 fully saturated rings. The van der Waals surface area contributed by atoms with Crippen molar-refractivity contribution < 1.29 is 19.4 Å². The van der Waals surface area contributed by atoms with Crippen molar-refractivity contribution in [3.05, 3.63) is 23.3 Å². The molecule has 4 heteroatoms. The van der Waals surface area contributed by atoms with E-state index >= 15 is 0 Å². The van der Waals surface area contributed by atoms with E-state index in [1.54, 1.807) is 19.1 Å². The first kappa shape index (κ1) is 11.5. The predicted octanol–water partition coefficient (Wildman–Crippen LogP) is 1.57. The summed E-state index contributed by atoms with van der Waals surface area (Å²) in [5.74, 6) is 0.975. The Hall–Kier alpha value is -1.55. The van der Waals surface area contributed by atoms with Gasteiger partial charge in [0.05, 0.1) is 20.3 Å². The van der Waals surface area contributed by atoms with E-state index in [1.165, 1.54) is 14.2 Å². The third kappa shape index (κ3) is 2.27. The maximum atomic E-state index is 10.8. The molecule has 1 atom stereocenters. The highest BCUT2D eigenvalue weighted by molar-refractivity contribution is 5.79. The molecule has 1 N–H and O–H groups in total. The Kier molecular flexibility index (Phi) is 3.68. The van der Waals surface area contributed by atoms with Crippen LogP contribution in [0.4, 0.5) is 0 Å². The fourth-order valence-electron chi connectivity index (χ4n) is 1.37. The number of methoxy groups -OCH3 is 2. The highest BCUT2D eigenvalue weighted by Gasteiger charge is 2.13. The molecular formula is C11H14O4. The molecule has 0 saturated heterocycles. The number of rotatable bonds is 4. The first-order valence-corrected chi connectivity index (χ1v) is 4.53. The molecule has 0 amide bonds. The summed E-state index contributed by atoms with van der Waals surface area (Å²) >= 11 is 0. The van der Waals surface area contributed by atoms with Gasteiger partial charge in [0, 0.05) is 5.56 Å². The van der Waals surface area contributed by atoms with Crippen LogP contribution in [-0.2, 0) is 0 Å². The number of hydrogen-bond acceptors (Lipinski definition) is 4. The summed E-state index contributed by atoms with van der Waals surface area (Å²) in [7, 11) is 3.00. The fraction of sp³-hybridized carbons (Fsp3) is 0.364. The van der Waals surface area contributed by atoms with Crippen LogP contribution in [0.3, 0.4) is 0 Å². The topological polar surface area (TPSA) is 55.8 Å². The predicted molar refractivity (Wildman–Crippen MR) is 55.6 cm³/mol. The largest absolute Gasteiger partial charge is 0.493 e. The van der Waals surface area contributed by atoms with Crippen molar-refractivity contribution in [1.82, 2.24) is 0 Å². The van der Waals surface area contributed by atoms with E-state index in [1.807, 2.05) is 0 Å². The lowest BCUT2D eigenvalue weighted by Crippen LogP contribution is -2.00. The monoisotopic (exact) mass is 210 g/mol. The molecule has 15 heavy (non-hydrogen) atoms. The van der Waals surface area contributed by atoms with Crippen molar-refractivity contribution in [1.29, 1.82) is 0 Å². The molecule has 0 aliphatic rings. The van der Waals surface area contributed by atoms with Gasteiger partial charge in [-0.1, -0.05) is 0 Å². The molecule has 0 aliphatic carbocycles. The molecule has 1 unspecified atom stereocenters. The van der Waals surface area contributed by atoms with Crippen LogP contribution in [0, 0.1) is 0 Å². The van der Waals surface area contributed by atoms with Crippen LogP contribution in [0.5, 0.6) is 11.5 Å². The van der Waals surface area contributed by atoms with Crippen LogP contribution < -0.4 is 9.47 Å². The zero-order valence-electron chi connectivity index (χ0n) is 8.98. The molecule has 1 rings (SSSR count). The molecule has 0 spiro atoms. The van der Waals surface area contributed by atoms with E-state index in [0.29, 0.717) is 28.9 Å². The van der Waals surface area contributed by atoms with Crippen LogP contribution in [0.25, 0.3) is 0 Å². The van der Waals surface area contributed by atoms with Gasteiger partial charge in [0.25, 0.3) is 0 Å². The molecule has 4 nitrogen and oxygen atoms in total. The van der Waals surface area contributed by atoms with E-state index in [-0.39, 0.29) is 0 Å². The molecule has 0 heterocycles. The molecule has 0 radical (unpaired) electrons. The van der Waals surface area contributed by atoms with Gasteiger partial charge in [-0.2, -0.15) is 0 Å². The van der Waals surface area contributed by atoms with E-state index in [9.17, 15) is 9.90 Å². The Labute approximate surface area is 88.4 Å². The minimum atomic E-state index is -0.718. The Morgan fingerprint density at radius 1 is 1.27 bits per heavy atom. The summed E-state index contributed by atoms with van der Waals surface area (Å²) < 4.78 is 10.1. The van der Waals surface area contributed by atoms with E-state index in [2.05, 4.69) is 0 Å². The summed E-state index contributed by atoms with van der Waals surface area (Å²) in [5, 5.41) is 9.46. The van der Waals surface area contributed by atoms with Gasteiger partial charge < -0.3 is 14.6 Å². The fourth-order valence-corrected chi connectivity index (χ4v) is 1.37. The number of hydrogen-bond donors (Lipinski definition) is 1. The first-order chi connectivity index (χ1) is 7.13. The molecule has 82 valence electrons. The number of ether oxygens (including phenoxy) is 2. The SMILES string of the molecule is COc1cc(C=O)c(C(C)O)cc1OC. The van der Waals surface area contributed by atoms with Crippen molar-refractivity contribution in [2.75, 3.05) is 14.2 Å². The number of aliphatic hydroxyl groups excluding tert-OH is 1. The molecule has 0 bridgehead atoms. The highest BCUT2D eigenvalue weighted by atomic mass is 16.5. The maximum absolute atomic E-state index is 10.8. The van der Waals surface area contributed by atoms with Gasteiger partial charge in [-0.05, 0) is 24.6 Å². The Bertz CT molecular complexity index is 358. The zero-order chi connectivity index (χ0) is 11.4. The van der Waals surface area contributed by atoms with E-state index in [0.717, 1.165) is 0 Å². The second-order valence-electron chi connectivity index (χ2n) is 3.13. The van der Waals surface area contributed by atoms with Crippen LogP contribution in [-0.4, -0.2) is 25.6 Å². The minimum absolute atomic E-state index is 0.405. The molecule has 0 aliphatic heterocycles. The molecule has 1 aromatic carbocycles. The molecule has 0 aromatic heterocycles. The quantitative estimate of drug-likeness (QED) is 0.766. The standard InChI is InChI=1S/C11H14O4/c1-7(13)9-5-11(15-3)10(14-2)4-8(9)6-12/h4-7,13H,1-3H3. The van der Waals surface area contributed by atoms with Crippen LogP contribution >= 0.6 is 0 Å². The summed E-state index contributed by atoms with van der Waals surface area (Å²) in [6, 6.07) is 3.15. The molecule has 1 aromatic rings. The smallest absolute Gasteiger partial charge is 0.161 e. The number of benzene rings is 1. The van der Waals surface area contributed by atoms with E-state index < -0.39 is 6.10 Å². The summed E-state index contributed by atoms with van der Waals surface area (Å²) in [6.45, 7) is 1.59. The Morgan fingerprint density at radius 3 is 2.20 bits per heavy atom. The van der Waals surface area contributed by atoms with Gasteiger partial charge >= 0.3 is 0 Å². The number of carbonyl (C=O) groups excluding carboxylic acids is 1. The van der Waals surface area contributed by atoms with Gasteiger partial charge in [-0.25, -0.2) is 0 Å². The number of carbonyl (C=O) groups is 1. The average Bonchev–Trinajstić information content (AvgIpc) is 2.26. The van der Waals surface area contributed by atoms with E-state index in [4.69, 9.17) is 9.47 Å². The normalized spacial score (nSPS) is 12.0. The van der Waals surface area contributed by atoms with Gasteiger partial charge in [-0.3, -0.25) is 4.79 Å². The van der Waals surface area contributed by atoms with Crippen molar-refractivity contribution in [3.8, 4) is 11.5 Å². The third-order valence-corrected chi connectivity index (χ3v) is 2.17. The first-order valence-electron chi connectivity index (χ1n) is 4.53. The lowest BCUT2D eigenvalue weighted by molar-refractivity contribution is 0.111. The Balaban J connectivity index is 3.34. The lowest BCUT2D eigenvalue weighted by atomic mass is 10.0. The minimum Gasteiger partial charge on any atom is -0.493 e. The zero-order valence-corrected chi connectivity index (χ0v) is 8.98. The Morgan fingerprint density at radius 2 is 1.80 bits per heavy atom. The van der Waals surface area contributed by atoms with Crippen molar-refractivity contribution in [2.45, 2.75) is 13.0 Å². The second-order valence-corrected chi connectivity index (χ2v) is 3.13. The van der Waals surface area contributed by atoms with Crippen molar-refractivity contribution >= 4 is 6.29 Å². The highest BCUT2D eigenvalue weighted by Crippen LogP contribution is 2.32. The lowest BCUT2D eigenvalue weighted by Gasteiger charge is -2.13. The average molecular weight is 210 g/mol. The van der Waals surface area contributed by atoms with Gasteiger partial charge in [0.15, 0.2) is 17.8 Å². The second kappa shape index (κ2) is 4.79. The van der Waals surface area contributed by atoms with Crippen LogP contribution in [0.15, 0.2) is 12.1 Å². The van der Waals surface area contributed by atoms with Gasteiger partial charge in [-0.15, -0.1) is 0 Å². The van der Waals surface area contributed by atoms with Crippen molar-refractivity contribution in [2.24, 2.45) is 0 Å². The number of aliphatic hydroxyl groups is 1. The maximum Gasteiger partial charge on any atom is 0.161 e. The summed E-state index contributed by atoms with van der Waals surface area (Å²) in [5.41, 5.74) is 0.935. The summed E-state index contributed by atoms with van der Waals surface area (Å²) in [4.78, 5) is 10.8. The molecule has 0 saturated carbocycles. The summed E-state index contributed by atoms with van der Waals surface area (Å²) in [6.07, 6.45) is -0.0330. The van der Waals surface area contributed by atoms with Crippen LogP contribution in [0.1, 0.15) is 28.9 Å². The molecular weight excluding hydrogens is 196 g/mol.